The van der Waals surface area contributed by atoms with E-state index in [9.17, 15) is 5.11 Å². The molecule has 0 spiro atoms. The monoisotopic (exact) mass is 356 g/mol. The summed E-state index contributed by atoms with van der Waals surface area (Å²) in [5.41, 5.74) is 0.958. The second-order valence-corrected chi connectivity index (χ2v) is 6.61. The van der Waals surface area contributed by atoms with E-state index in [1.54, 1.807) is 6.26 Å². The second-order valence-electron chi connectivity index (χ2n) is 6.24. The molecule has 1 aliphatic rings. The average molecular weight is 356 g/mol. The Labute approximate surface area is 150 Å². The Balaban J connectivity index is 1.73. The van der Waals surface area contributed by atoms with E-state index >= 15 is 0 Å². The first-order valence-corrected chi connectivity index (χ1v) is 8.83. The van der Waals surface area contributed by atoms with Gasteiger partial charge in [-0.3, -0.25) is 9.47 Å². The third-order valence-corrected chi connectivity index (χ3v) is 4.88. The summed E-state index contributed by atoms with van der Waals surface area (Å²) in [7, 11) is 0. The number of aromatic nitrogens is 3. The molecule has 130 valence electrons. The van der Waals surface area contributed by atoms with Crippen molar-refractivity contribution in [3.63, 3.8) is 0 Å². The van der Waals surface area contributed by atoms with E-state index in [2.05, 4.69) is 4.90 Å². The summed E-state index contributed by atoms with van der Waals surface area (Å²) in [6, 6.07) is 13.7. The molecule has 3 heterocycles. The summed E-state index contributed by atoms with van der Waals surface area (Å²) in [6.45, 7) is 2.30. The Kier molecular flexibility index (Phi) is 4.52. The van der Waals surface area contributed by atoms with Crippen molar-refractivity contribution < 1.29 is 9.52 Å². The normalized spacial score (nSPS) is 16.4. The van der Waals surface area contributed by atoms with Crippen LogP contribution in [0.15, 0.2) is 53.1 Å². The highest BCUT2D eigenvalue weighted by molar-refractivity contribution is 7.71. The molecular weight excluding hydrogens is 336 g/mol. The Morgan fingerprint density at radius 2 is 1.88 bits per heavy atom. The van der Waals surface area contributed by atoms with Crippen LogP contribution >= 0.6 is 12.2 Å². The number of benzene rings is 1. The van der Waals surface area contributed by atoms with Crippen LogP contribution in [0.1, 0.15) is 12.8 Å². The van der Waals surface area contributed by atoms with Crippen molar-refractivity contribution in [2.75, 3.05) is 13.1 Å². The first-order chi connectivity index (χ1) is 12.2. The Morgan fingerprint density at radius 1 is 1.12 bits per heavy atom. The van der Waals surface area contributed by atoms with Gasteiger partial charge in [-0.15, -0.1) is 5.10 Å². The van der Waals surface area contributed by atoms with E-state index in [-0.39, 0.29) is 6.10 Å². The number of para-hydroxylation sites is 1. The van der Waals surface area contributed by atoms with E-state index in [0.717, 1.165) is 31.6 Å². The van der Waals surface area contributed by atoms with Crippen molar-refractivity contribution in [3.05, 3.63) is 53.5 Å². The quantitative estimate of drug-likeness (QED) is 0.728. The molecule has 1 aliphatic heterocycles. The lowest BCUT2D eigenvalue weighted by Gasteiger charge is -2.28. The zero-order valence-electron chi connectivity index (χ0n) is 13.8. The SMILES string of the molecule is OC1CCN(Cn2nc(-c3ccco3)n(-c3ccccc3)c2=S)CC1. The van der Waals surface area contributed by atoms with Gasteiger partial charge in [-0.25, -0.2) is 4.68 Å². The van der Waals surface area contributed by atoms with Crippen molar-refractivity contribution in [3.8, 4) is 17.3 Å². The molecule has 1 N–H and O–H groups in total. The zero-order valence-corrected chi connectivity index (χ0v) is 14.6. The van der Waals surface area contributed by atoms with Crippen molar-refractivity contribution in [1.82, 2.24) is 19.2 Å². The minimum atomic E-state index is -0.190. The molecule has 0 bridgehead atoms. The van der Waals surface area contributed by atoms with Crippen LogP contribution in [0.2, 0.25) is 0 Å². The van der Waals surface area contributed by atoms with Crippen LogP contribution in [0.5, 0.6) is 0 Å². The first kappa shape index (κ1) is 16.3. The van der Waals surface area contributed by atoms with Crippen LogP contribution in [0.4, 0.5) is 0 Å². The zero-order chi connectivity index (χ0) is 17.2. The van der Waals surface area contributed by atoms with Gasteiger partial charge in [0.1, 0.15) is 0 Å². The van der Waals surface area contributed by atoms with Crippen LogP contribution in [0.25, 0.3) is 17.3 Å². The number of nitrogens with zero attached hydrogens (tertiary/aromatic N) is 4. The third kappa shape index (κ3) is 3.30. The van der Waals surface area contributed by atoms with Crippen LogP contribution in [-0.4, -0.2) is 43.5 Å². The Morgan fingerprint density at radius 3 is 2.56 bits per heavy atom. The summed E-state index contributed by atoms with van der Waals surface area (Å²) in [5.74, 6) is 1.38. The van der Waals surface area contributed by atoms with Gasteiger partial charge in [0.15, 0.2) is 5.76 Å². The summed E-state index contributed by atoms with van der Waals surface area (Å²) in [4.78, 5) is 2.26. The van der Waals surface area contributed by atoms with Gasteiger partial charge in [0.05, 0.1) is 24.7 Å². The van der Waals surface area contributed by atoms with Gasteiger partial charge < -0.3 is 9.52 Å². The molecule has 0 unspecified atom stereocenters. The maximum absolute atomic E-state index is 9.68. The van der Waals surface area contributed by atoms with Crippen molar-refractivity contribution >= 4 is 12.2 Å². The summed E-state index contributed by atoms with van der Waals surface area (Å²) in [5, 5.41) is 14.4. The van der Waals surface area contributed by atoms with E-state index in [1.807, 2.05) is 51.7 Å². The van der Waals surface area contributed by atoms with Gasteiger partial charge in [-0.2, -0.15) is 0 Å². The van der Waals surface area contributed by atoms with Crippen molar-refractivity contribution in [1.29, 1.82) is 0 Å². The predicted octanol–water partition coefficient (Wildman–Crippen LogP) is 3.08. The van der Waals surface area contributed by atoms with Crippen LogP contribution in [0.3, 0.4) is 0 Å². The van der Waals surface area contributed by atoms with Crippen molar-refractivity contribution in [2.45, 2.75) is 25.6 Å². The van der Waals surface area contributed by atoms with Crippen LogP contribution in [-0.2, 0) is 6.67 Å². The molecular formula is C18H20N4O2S. The predicted molar refractivity (Wildman–Crippen MR) is 96.9 cm³/mol. The number of likely N-dealkylation sites (tertiary alicyclic amines) is 1. The Bertz CT molecular complexity index is 878. The molecule has 7 heteroatoms. The maximum atomic E-state index is 9.68. The largest absolute Gasteiger partial charge is 0.461 e. The topological polar surface area (TPSA) is 59.4 Å². The minimum absolute atomic E-state index is 0.190. The van der Waals surface area contributed by atoms with Gasteiger partial charge in [0.25, 0.3) is 0 Å². The standard InChI is InChI=1S/C18H20N4O2S/c23-15-8-10-20(11-9-15)13-21-18(25)22(14-5-2-1-3-6-14)17(19-21)16-7-4-12-24-16/h1-7,12,15,23H,8-11,13H2. The lowest BCUT2D eigenvalue weighted by atomic mass is 10.1. The molecule has 1 fully saturated rings. The number of rotatable bonds is 4. The molecule has 0 radical (unpaired) electrons. The van der Waals surface area contributed by atoms with E-state index < -0.39 is 0 Å². The molecule has 3 aromatic rings. The highest BCUT2D eigenvalue weighted by atomic mass is 32.1. The molecule has 2 aromatic heterocycles. The summed E-state index contributed by atoms with van der Waals surface area (Å²) >= 11 is 5.71. The van der Waals surface area contributed by atoms with Crippen LogP contribution < -0.4 is 0 Å². The lowest BCUT2D eigenvalue weighted by molar-refractivity contribution is 0.0651. The molecule has 0 atom stereocenters. The van der Waals surface area contributed by atoms with Gasteiger partial charge in [-0.05, 0) is 49.3 Å². The number of furan rings is 1. The van der Waals surface area contributed by atoms with Crippen molar-refractivity contribution in [2.24, 2.45) is 0 Å². The minimum Gasteiger partial charge on any atom is -0.461 e. The summed E-state index contributed by atoms with van der Waals surface area (Å²) in [6.07, 6.45) is 3.03. The number of hydrogen-bond acceptors (Lipinski definition) is 5. The molecule has 0 amide bonds. The number of piperidine rings is 1. The third-order valence-electron chi connectivity index (χ3n) is 4.49. The van der Waals surface area contributed by atoms with Gasteiger partial charge in [0.2, 0.25) is 10.6 Å². The Hall–Kier alpha value is -2.22. The molecule has 4 rings (SSSR count). The van der Waals surface area contributed by atoms with E-state index in [4.69, 9.17) is 21.7 Å². The van der Waals surface area contributed by atoms with E-state index in [1.165, 1.54) is 0 Å². The van der Waals surface area contributed by atoms with Crippen LogP contribution in [0, 0.1) is 4.77 Å². The van der Waals surface area contributed by atoms with Gasteiger partial charge in [0, 0.05) is 13.1 Å². The molecule has 0 aliphatic carbocycles. The number of hydrogen-bond donors (Lipinski definition) is 1. The molecule has 1 saturated heterocycles. The first-order valence-electron chi connectivity index (χ1n) is 8.42. The average Bonchev–Trinajstić information content (AvgIpc) is 3.26. The highest BCUT2D eigenvalue weighted by Gasteiger charge is 2.21. The molecule has 25 heavy (non-hydrogen) atoms. The smallest absolute Gasteiger partial charge is 0.204 e. The van der Waals surface area contributed by atoms with Gasteiger partial charge >= 0.3 is 0 Å². The number of aliphatic hydroxyl groups is 1. The molecule has 1 aromatic carbocycles. The van der Waals surface area contributed by atoms with Gasteiger partial charge in [-0.1, -0.05) is 18.2 Å². The fourth-order valence-corrected chi connectivity index (χ4v) is 3.42. The number of aliphatic hydroxyl groups excluding tert-OH is 1. The lowest BCUT2D eigenvalue weighted by Crippen LogP contribution is -2.37. The fourth-order valence-electron chi connectivity index (χ4n) is 3.13. The fraction of sp³-hybridized carbons (Fsp3) is 0.333. The second kappa shape index (κ2) is 6.95. The van der Waals surface area contributed by atoms with E-state index in [0.29, 0.717) is 23.0 Å². The maximum Gasteiger partial charge on any atom is 0.204 e. The molecule has 6 nitrogen and oxygen atoms in total. The molecule has 0 saturated carbocycles. The highest BCUT2D eigenvalue weighted by Crippen LogP contribution is 2.23. The summed E-state index contributed by atoms with van der Waals surface area (Å²) < 4.78 is 9.96.